The van der Waals surface area contributed by atoms with Crippen molar-refractivity contribution in [3.8, 4) is 0 Å². The number of nitrogens with zero attached hydrogens (tertiary/aromatic N) is 1. The highest BCUT2D eigenvalue weighted by Crippen LogP contribution is 2.55. The number of amides is 3. The Morgan fingerprint density at radius 1 is 0.938 bits per heavy atom. The minimum absolute atomic E-state index is 0.0226. The highest BCUT2D eigenvalue weighted by molar-refractivity contribution is 5.78. The van der Waals surface area contributed by atoms with E-state index in [9.17, 15) is 9.59 Å². The second-order valence-corrected chi connectivity index (χ2v) is 10.9. The van der Waals surface area contributed by atoms with E-state index in [2.05, 4.69) is 45.1 Å². The molecule has 3 amide bonds. The summed E-state index contributed by atoms with van der Waals surface area (Å²) in [6, 6.07) is 10.7. The molecule has 174 valence electrons. The van der Waals surface area contributed by atoms with Crippen molar-refractivity contribution < 1.29 is 9.59 Å². The van der Waals surface area contributed by atoms with Gasteiger partial charge in [0, 0.05) is 44.2 Å². The number of benzene rings is 1. The van der Waals surface area contributed by atoms with Crippen molar-refractivity contribution in [3.05, 3.63) is 35.9 Å². The minimum Gasteiger partial charge on any atom is -0.353 e. The molecule has 5 aliphatic rings. The number of rotatable bonds is 7. The van der Waals surface area contributed by atoms with E-state index in [0.29, 0.717) is 13.0 Å². The first-order valence-electron chi connectivity index (χ1n) is 12.7. The third kappa shape index (κ3) is 5.28. The molecule has 1 aliphatic heterocycles. The van der Waals surface area contributed by atoms with Gasteiger partial charge in [0.1, 0.15) is 0 Å². The van der Waals surface area contributed by atoms with Gasteiger partial charge in [-0.1, -0.05) is 30.3 Å². The molecular weight excluding hydrogens is 400 g/mol. The molecule has 4 saturated carbocycles. The van der Waals surface area contributed by atoms with Gasteiger partial charge in [-0.05, 0) is 74.7 Å². The lowest BCUT2D eigenvalue weighted by Crippen LogP contribution is -2.61. The van der Waals surface area contributed by atoms with E-state index in [1.165, 1.54) is 24.8 Å². The molecule has 4 bridgehead atoms. The second kappa shape index (κ2) is 9.42. The predicted octanol–water partition coefficient (Wildman–Crippen LogP) is 3.43. The van der Waals surface area contributed by atoms with E-state index in [1.807, 2.05) is 6.07 Å². The minimum atomic E-state index is -0.0889. The van der Waals surface area contributed by atoms with E-state index in [4.69, 9.17) is 0 Å². The van der Waals surface area contributed by atoms with E-state index in [-0.39, 0.29) is 23.5 Å². The largest absolute Gasteiger partial charge is 0.353 e. The lowest BCUT2D eigenvalue weighted by atomic mass is 9.53. The number of piperidine rings is 1. The molecule has 6 nitrogen and oxygen atoms in total. The molecule has 0 radical (unpaired) electrons. The van der Waals surface area contributed by atoms with Crippen LogP contribution in [0.25, 0.3) is 0 Å². The van der Waals surface area contributed by atoms with Crippen molar-refractivity contribution in [2.75, 3.05) is 19.6 Å². The summed E-state index contributed by atoms with van der Waals surface area (Å²) in [5.74, 6) is 2.48. The van der Waals surface area contributed by atoms with Gasteiger partial charge in [-0.2, -0.15) is 0 Å². The Bertz CT molecular complexity index is 768. The maximum Gasteiger partial charge on any atom is 0.315 e. The van der Waals surface area contributed by atoms with Crippen LogP contribution >= 0.6 is 0 Å². The SMILES string of the molecule is O=C(CCNC(=O)NC12CC3CC(CC(C3)C1)C2)NC1CCN(Cc2ccccc2)CC1. The smallest absolute Gasteiger partial charge is 0.315 e. The molecule has 32 heavy (non-hydrogen) atoms. The lowest BCUT2D eigenvalue weighted by Gasteiger charge is -2.56. The average Bonchev–Trinajstić information content (AvgIpc) is 2.74. The van der Waals surface area contributed by atoms with Gasteiger partial charge in [-0.3, -0.25) is 9.69 Å². The molecule has 0 unspecified atom stereocenters. The summed E-state index contributed by atoms with van der Waals surface area (Å²) in [4.78, 5) is 27.4. The summed E-state index contributed by atoms with van der Waals surface area (Å²) >= 11 is 0. The number of nitrogens with one attached hydrogen (secondary N) is 3. The van der Waals surface area contributed by atoms with Crippen molar-refractivity contribution >= 4 is 11.9 Å². The quantitative estimate of drug-likeness (QED) is 0.611. The second-order valence-electron chi connectivity index (χ2n) is 10.9. The Morgan fingerprint density at radius 3 is 2.19 bits per heavy atom. The molecule has 0 spiro atoms. The van der Waals surface area contributed by atoms with E-state index in [1.54, 1.807) is 0 Å². The molecule has 1 aromatic carbocycles. The number of carbonyl (C=O) groups excluding carboxylic acids is 2. The fourth-order valence-electron chi connectivity index (χ4n) is 7.22. The van der Waals surface area contributed by atoms with Crippen LogP contribution in [0.1, 0.15) is 63.4 Å². The topological polar surface area (TPSA) is 73.5 Å². The highest BCUT2D eigenvalue weighted by atomic mass is 16.2. The first kappa shape index (κ1) is 21.7. The van der Waals surface area contributed by atoms with Crippen LogP contribution in [0.15, 0.2) is 30.3 Å². The standard InChI is InChI=1S/C26H38N4O2/c31-24(28-23-7-10-30(11-8-23)18-19-4-2-1-3-5-19)6-9-27-25(32)29-26-15-20-12-21(16-26)14-22(13-20)17-26/h1-5,20-23H,6-18H2,(H,28,31)(H2,27,29,32). The fourth-order valence-corrected chi connectivity index (χ4v) is 7.22. The van der Waals surface area contributed by atoms with E-state index < -0.39 is 0 Å². The summed E-state index contributed by atoms with van der Waals surface area (Å²) in [7, 11) is 0. The number of hydrogen-bond acceptors (Lipinski definition) is 3. The van der Waals surface area contributed by atoms with Gasteiger partial charge in [0.25, 0.3) is 0 Å². The van der Waals surface area contributed by atoms with Crippen LogP contribution in [0.5, 0.6) is 0 Å². The lowest BCUT2D eigenvalue weighted by molar-refractivity contribution is -0.122. The molecule has 4 aliphatic carbocycles. The molecule has 1 aromatic rings. The van der Waals surface area contributed by atoms with Crippen molar-refractivity contribution in [2.45, 2.75) is 75.9 Å². The molecule has 3 N–H and O–H groups in total. The molecule has 6 heteroatoms. The molecule has 0 atom stereocenters. The maximum absolute atomic E-state index is 12.5. The zero-order chi connectivity index (χ0) is 22.0. The summed E-state index contributed by atoms with van der Waals surface area (Å²) < 4.78 is 0. The van der Waals surface area contributed by atoms with Crippen molar-refractivity contribution in [1.82, 2.24) is 20.9 Å². The van der Waals surface area contributed by atoms with Crippen LogP contribution in [0.3, 0.4) is 0 Å². The van der Waals surface area contributed by atoms with Crippen LogP contribution in [0, 0.1) is 17.8 Å². The van der Waals surface area contributed by atoms with Crippen LogP contribution < -0.4 is 16.0 Å². The van der Waals surface area contributed by atoms with Gasteiger partial charge < -0.3 is 16.0 Å². The summed E-state index contributed by atoms with van der Waals surface area (Å²) in [5.41, 5.74) is 1.36. The monoisotopic (exact) mass is 438 g/mol. The average molecular weight is 439 g/mol. The normalized spacial score (nSPS) is 31.9. The molecule has 0 aromatic heterocycles. The molecule has 5 fully saturated rings. The third-order valence-electron chi connectivity index (χ3n) is 8.26. The first-order chi connectivity index (χ1) is 15.6. The first-order valence-corrected chi connectivity index (χ1v) is 12.7. The van der Waals surface area contributed by atoms with E-state index >= 15 is 0 Å². The van der Waals surface area contributed by atoms with Gasteiger partial charge in [0.05, 0.1) is 0 Å². The molecule has 1 saturated heterocycles. The van der Waals surface area contributed by atoms with Crippen LogP contribution in [0.4, 0.5) is 4.79 Å². The summed E-state index contributed by atoms with van der Waals surface area (Å²) in [6.07, 6.45) is 9.87. The van der Waals surface area contributed by atoms with Gasteiger partial charge in [-0.15, -0.1) is 0 Å². The van der Waals surface area contributed by atoms with Crippen molar-refractivity contribution in [2.24, 2.45) is 17.8 Å². The molecule has 1 heterocycles. The Hall–Kier alpha value is -2.08. The van der Waals surface area contributed by atoms with Crippen LogP contribution in [0.2, 0.25) is 0 Å². The zero-order valence-corrected chi connectivity index (χ0v) is 19.2. The number of hydrogen-bond donors (Lipinski definition) is 3. The zero-order valence-electron chi connectivity index (χ0n) is 19.2. The van der Waals surface area contributed by atoms with Crippen molar-refractivity contribution in [1.29, 1.82) is 0 Å². The molecule has 6 rings (SSSR count). The third-order valence-corrected chi connectivity index (χ3v) is 8.26. The summed E-state index contributed by atoms with van der Waals surface area (Å²) in [5, 5.41) is 9.42. The van der Waals surface area contributed by atoms with Gasteiger partial charge in [-0.25, -0.2) is 4.79 Å². The number of likely N-dealkylation sites (tertiary alicyclic amines) is 1. The van der Waals surface area contributed by atoms with Gasteiger partial charge in [0.15, 0.2) is 0 Å². The Balaban J connectivity index is 0.977. The van der Waals surface area contributed by atoms with Gasteiger partial charge >= 0.3 is 6.03 Å². The van der Waals surface area contributed by atoms with Gasteiger partial charge in [0.2, 0.25) is 5.91 Å². The van der Waals surface area contributed by atoms with Crippen LogP contribution in [-0.4, -0.2) is 48.1 Å². The number of carbonyl (C=O) groups is 2. The molecular formula is C26H38N4O2. The Morgan fingerprint density at radius 2 is 1.56 bits per heavy atom. The van der Waals surface area contributed by atoms with E-state index in [0.717, 1.165) is 69.5 Å². The fraction of sp³-hybridized carbons (Fsp3) is 0.692. The number of urea groups is 1. The Labute approximate surface area is 191 Å². The van der Waals surface area contributed by atoms with Crippen molar-refractivity contribution in [3.63, 3.8) is 0 Å². The Kier molecular flexibility index (Phi) is 6.40. The summed E-state index contributed by atoms with van der Waals surface area (Å²) in [6.45, 7) is 3.39. The van der Waals surface area contributed by atoms with Crippen LogP contribution in [-0.2, 0) is 11.3 Å². The highest BCUT2D eigenvalue weighted by Gasteiger charge is 2.51. The maximum atomic E-state index is 12.5. The predicted molar refractivity (Wildman–Crippen MR) is 125 cm³/mol.